The van der Waals surface area contributed by atoms with Crippen molar-refractivity contribution in [3.05, 3.63) is 59.7 Å². The molecule has 0 bridgehead atoms. The van der Waals surface area contributed by atoms with Gasteiger partial charge < -0.3 is 15.4 Å². The number of hydrogen-bond donors (Lipinski definition) is 2. The molecule has 24 heavy (non-hydrogen) atoms. The second-order valence-corrected chi connectivity index (χ2v) is 5.45. The number of carbonyl (C=O) groups excluding carboxylic acids is 2. The fraction of sp³-hybridized carbons (Fsp3) is 0.263. The summed E-state index contributed by atoms with van der Waals surface area (Å²) in [6, 6.07) is 14.3. The van der Waals surface area contributed by atoms with Gasteiger partial charge in [0.1, 0.15) is 5.75 Å². The van der Waals surface area contributed by atoms with Crippen LogP contribution in [0.4, 0.5) is 5.69 Å². The molecular weight excluding hydrogens is 304 g/mol. The first-order valence-corrected chi connectivity index (χ1v) is 7.88. The van der Waals surface area contributed by atoms with Crippen LogP contribution in [0.3, 0.4) is 0 Å². The zero-order chi connectivity index (χ0) is 17.5. The maximum atomic E-state index is 12.3. The highest BCUT2D eigenvalue weighted by molar-refractivity contribution is 5.94. The van der Waals surface area contributed by atoms with Gasteiger partial charge in [0.05, 0.1) is 13.2 Å². The van der Waals surface area contributed by atoms with Gasteiger partial charge in [-0.1, -0.05) is 19.1 Å². The van der Waals surface area contributed by atoms with Gasteiger partial charge in [0.15, 0.2) is 0 Å². The van der Waals surface area contributed by atoms with E-state index in [-0.39, 0.29) is 17.9 Å². The summed E-state index contributed by atoms with van der Waals surface area (Å²) in [5.41, 5.74) is 2.29. The highest BCUT2D eigenvalue weighted by atomic mass is 16.5. The van der Waals surface area contributed by atoms with Gasteiger partial charge in [-0.25, -0.2) is 0 Å². The fourth-order valence-corrected chi connectivity index (χ4v) is 2.21. The quantitative estimate of drug-likeness (QED) is 0.853. The number of rotatable bonds is 6. The lowest BCUT2D eigenvalue weighted by molar-refractivity contribution is -0.115. The van der Waals surface area contributed by atoms with E-state index in [9.17, 15) is 9.59 Å². The summed E-state index contributed by atoms with van der Waals surface area (Å²) in [5, 5.41) is 5.75. The first-order valence-electron chi connectivity index (χ1n) is 7.88. The minimum atomic E-state index is -0.145. The molecule has 2 aromatic carbocycles. The summed E-state index contributed by atoms with van der Waals surface area (Å²) >= 11 is 0. The van der Waals surface area contributed by atoms with Crippen LogP contribution < -0.4 is 15.4 Å². The lowest BCUT2D eigenvalue weighted by atomic mass is 10.1. The average Bonchev–Trinajstić information content (AvgIpc) is 2.62. The van der Waals surface area contributed by atoms with Crippen molar-refractivity contribution in [2.24, 2.45) is 0 Å². The van der Waals surface area contributed by atoms with E-state index < -0.39 is 0 Å². The van der Waals surface area contributed by atoms with Crippen molar-refractivity contribution in [3.8, 4) is 5.75 Å². The van der Waals surface area contributed by atoms with Crippen molar-refractivity contribution >= 4 is 17.5 Å². The standard InChI is InChI=1S/C19H22N2O3/c1-4-18(22)21-16-9-5-14(6-10-16)13(2)20-19(23)15-7-11-17(24-3)12-8-15/h5-13H,4H2,1-3H3,(H,20,23)(H,21,22). The molecule has 0 saturated carbocycles. The van der Waals surface area contributed by atoms with E-state index in [4.69, 9.17) is 4.74 Å². The Bertz CT molecular complexity index is 694. The molecule has 1 unspecified atom stereocenters. The summed E-state index contributed by atoms with van der Waals surface area (Å²) in [7, 11) is 1.59. The van der Waals surface area contributed by atoms with E-state index in [0.29, 0.717) is 17.7 Å². The van der Waals surface area contributed by atoms with Gasteiger partial charge in [-0.2, -0.15) is 0 Å². The number of nitrogens with one attached hydrogen (secondary N) is 2. The number of ether oxygens (including phenoxy) is 1. The van der Waals surface area contributed by atoms with Gasteiger partial charge in [-0.05, 0) is 48.9 Å². The van der Waals surface area contributed by atoms with Crippen molar-refractivity contribution in [3.63, 3.8) is 0 Å². The van der Waals surface area contributed by atoms with E-state index in [0.717, 1.165) is 11.3 Å². The molecule has 2 rings (SSSR count). The van der Waals surface area contributed by atoms with E-state index in [1.54, 1.807) is 38.3 Å². The van der Waals surface area contributed by atoms with Gasteiger partial charge in [-0.3, -0.25) is 9.59 Å². The predicted octanol–water partition coefficient (Wildman–Crippen LogP) is 3.53. The molecule has 0 aliphatic rings. The van der Waals surface area contributed by atoms with Gasteiger partial charge in [0, 0.05) is 17.7 Å². The van der Waals surface area contributed by atoms with E-state index >= 15 is 0 Å². The van der Waals surface area contributed by atoms with Crippen LogP contribution >= 0.6 is 0 Å². The number of amides is 2. The number of benzene rings is 2. The molecule has 2 N–H and O–H groups in total. The van der Waals surface area contributed by atoms with Crippen LogP contribution in [-0.2, 0) is 4.79 Å². The topological polar surface area (TPSA) is 67.4 Å². The number of carbonyl (C=O) groups is 2. The molecule has 1 atom stereocenters. The minimum Gasteiger partial charge on any atom is -0.497 e. The molecule has 0 spiro atoms. The van der Waals surface area contributed by atoms with Crippen molar-refractivity contribution in [1.29, 1.82) is 0 Å². The zero-order valence-electron chi connectivity index (χ0n) is 14.1. The average molecular weight is 326 g/mol. The van der Waals surface area contributed by atoms with Gasteiger partial charge in [-0.15, -0.1) is 0 Å². The molecule has 0 aliphatic heterocycles. The molecule has 0 saturated heterocycles. The third-order valence-corrected chi connectivity index (χ3v) is 3.72. The second kappa shape index (κ2) is 8.15. The molecule has 2 amide bonds. The smallest absolute Gasteiger partial charge is 0.251 e. The maximum absolute atomic E-state index is 12.3. The van der Waals surface area contributed by atoms with Crippen molar-refractivity contribution < 1.29 is 14.3 Å². The molecular formula is C19H22N2O3. The monoisotopic (exact) mass is 326 g/mol. The van der Waals surface area contributed by atoms with Crippen LogP contribution in [-0.4, -0.2) is 18.9 Å². The Morgan fingerprint density at radius 2 is 1.67 bits per heavy atom. The Kier molecular flexibility index (Phi) is 5.95. The number of hydrogen-bond acceptors (Lipinski definition) is 3. The van der Waals surface area contributed by atoms with E-state index in [1.165, 1.54) is 0 Å². The highest BCUT2D eigenvalue weighted by Crippen LogP contribution is 2.17. The summed E-state index contributed by atoms with van der Waals surface area (Å²) in [4.78, 5) is 23.6. The number of anilines is 1. The largest absolute Gasteiger partial charge is 0.497 e. The SMILES string of the molecule is CCC(=O)Nc1ccc(C(C)NC(=O)c2ccc(OC)cc2)cc1. The molecule has 0 aliphatic carbocycles. The first-order chi connectivity index (χ1) is 11.5. The second-order valence-electron chi connectivity index (χ2n) is 5.45. The van der Waals surface area contributed by atoms with Gasteiger partial charge >= 0.3 is 0 Å². The minimum absolute atomic E-state index is 0.0244. The molecule has 0 aromatic heterocycles. The molecule has 0 fully saturated rings. The highest BCUT2D eigenvalue weighted by Gasteiger charge is 2.11. The molecule has 0 radical (unpaired) electrons. The zero-order valence-corrected chi connectivity index (χ0v) is 14.1. The molecule has 5 heteroatoms. The van der Waals surface area contributed by atoms with Gasteiger partial charge in [0.2, 0.25) is 5.91 Å². The summed E-state index contributed by atoms with van der Waals surface area (Å²) in [5.74, 6) is 0.543. The Morgan fingerprint density at radius 1 is 1.04 bits per heavy atom. The van der Waals surface area contributed by atoms with Crippen LogP contribution in [0.5, 0.6) is 5.75 Å². The summed E-state index contributed by atoms with van der Waals surface area (Å²) in [6.45, 7) is 3.72. The third kappa shape index (κ3) is 4.59. The first kappa shape index (κ1) is 17.5. The lowest BCUT2D eigenvalue weighted by Crippen LogP contribution is -2.26. The van der Waals surface area contributed by atoms with Crippen LogP contribution in [0.1, 0.15) is 42.2 Å². The van der Waals surface area contributed by atoms with Crippen molar-refractivity contribution in [2.75, 3.05) is 12.4 Å². The Hall–Kier alpha value is -2.82. The fourth-order valence-electron chi connectivity index (χ4n) is 2.21. The Labute approximate surface area is 142 Å². The van der Waals surface area contributed by atoms with E-state index in [1.807, 2.05) is 31.2 Å². The van der Waals surface area contributed by atoms with Crippen molar-refractivity contribution in [2.45, 2.75) is 26.3 Å². The molecule has 126 valence electrons. The lowest BCUT2D eigenvalue weighted by Gasteiger charge is -2.15. The van der Waals surface area contributed by atoms with Crippen molar-refractivity contribution in [1.82, 2.24) is 5.32 Å². The molecule has 0 heterocycles. The van der Waals surface area contributed by atoms with Crippen LogP contribution in [0.15, 0.2) is 48.5 Å². The van der Waals surface area contributed by atoms with Crippen LogP contribution in [0.2, 0.25) is 0 Å². The molecule has 2 aromatic rings. The predicted molar refractivity (Wildman–Crippen MR) is 94.2 cm³/mol. The summed E-state index contributed by atoms with van der Waals surface area (Å²) in [6.07, 6.45) is 0.441. The maximum Gasteiger partial charge on any atom is 0.251 e. The van der Waals surface area contributed by atoms with Gasteiger partial charge in [0.25, 0.3) is 5.91 Å². The Balaban J connectivity index is 1.99. The van der Waals surface area contributed by atoms with E-state index in [2.05, 4.69) is 10.6 Å². The van der Waals surface area contributed by atoms with Crippen LogP contribution in [0.25, 0.3) is 0 Å². The summed E-state index contributed by atoms with van der Waals surface area (Å²) < 4.78 is 5.08. The normalized spacial score (nSPS) is 11.5. The third-order valence-electron chi connectivity index (χ3n) is 3.72. The molecule has 5 nitrogen and oxygen atoms in total. The van der Waals surface area contributed by atoms with Crippen LogP contribution in [0, 0.1) is 0 Å². The number of methoxy groups -OCH3 is 1. The Morgan fingerprint density at radius 3 is 2.21 bits per heavy atom.